The number of fused-ring (bicyclic) bond motifs is 1. The van der Waals surface area contributed by atoms with Gasteiger partial charge in [-0.2, -0.15) is 0 Å². The zero-order valence-electron chi connectivity index (χ0n) is 17.0. The van der Waals surface area contributed by atoms with Crippen LogP contribution < -0.4 is 19.1 Å². The van der Waals surface area contributed by atoms with Crippen molar-refractivity contribution in [3.05, 3.63) is 54.1 Å². The molecule has 1 aliphatic heterocycles. The highest BCUT2D eigenvalue weighted by Gasteiger charge is 2.35. The Hall–Kier alpha value is -2.74. The number of amides is 1. The number of carbonyl (C=O) groups excluding carboxylic acids is 1. The minimum absolute atomic E-state index is 0.306. The van der Waals surface area contributed by atoms with E-state index in [4.69, 9.17) is 9.47 Å². The average molecular weight is 419 g/mol. The summed E-state index contributed by atoms with van der Waals surface area (Å²) in [5, 5.41) is 2.97. The van der Waals surface area contributed by atoms with Crippen LogP contribution in [0.2, 0.25) is 0 Å². The number of methoxy groups -OCH3 is 1. The second-order valence-electron chi connectivity index (χ2n) is 7.69. The topological polar surface area (TPSA) is 84.9 Å². The van der Waals surface area contributed by atoms with Gasteiger partial charge in [0.2, 0.25) is 15.9 Å². The summed E-state index contributed by atoms with van der Waals surface area (Å²) in [6.45, 7) is 3.60. The second kappa shape index (κ2) is 7.94. The first-order valence-electron chi connectivity index (χ1n) is 9.28. The maximum absolute atomic E-state index is 12.8. The van der Waals surface area contributed by atoms with Gasteiger partial charge in [0.25, 0.3) is 0 Å². The lowest BCUT2D eigenvalue weighted by Gasteiger charge is -2.38. The quantitative estimate of drug-likeness (QED) is 0.780. The number of carbonyl (C=O) groups is 1. The van der Waals surface area contributed by atoms with Crippen molar-refractivity contribution >= 4 is 21.6 Å². The lowest BCUT2D eigenvalue weighted by molar-refractivity contribution is -0.120. The zero-order chi connectivity index (χ0) is 21.2. The summed E-state index contributed by atoms with van der Waals surface area (Å²) < 4.78 is 36.9. The van der Waals surface area contributed by atoms with Crippen LogP contribution in [-0.2, 0) is 14.8 Å². The molecule has 156 valence electrons. The van der Waals surface area contributed by atoms with Crippen molar-refractivity contribution in [3.8, 4) is 11.5 Å². The minimum atomic E-state index is -3.62. The molecule has 0 fully saturated rings. The standard InChI is InChI=1S/C21H26N2O5S/c1-21(2)13-18(17-12-16(27-3)10-11-19(17)28-21)22-20(24)14-23(29(4,25)26)15-8-6-5-7-9-15/h5-12,18H,13-14H2,1-4H3,(H,22,24). The fourth-order valence-electron chi connectivity index (χ4n) is 3.45. The Morgan fingerprint density at radius 2 is 1.93 bits per heavy atom. The van der Waals surface area contributed by atoms with Gasteiger partial charge in [-0.05, 0) is 44.2 Å². The molecular formula is C21H26N2O5S. The molecular weight excluding hydrogens is 392 g/mol. The van der Waals surface area contributed by atoms with Crippen LogP contribution in [0.25, 0.3) is 0 Å². The molecule has 3 rings (SSSR count). The van der Waals surface area contributed by atoms with Crippen LogP contribution >= 0.6 is 0 Å². The van der Waals surface area contributed by atoms with Crippen molar-refractivity contribution < 1.29 is 22.7 Å². The Kier molecular flexibility index (Phi) is 5.75. The van der Waals surface area contributed by atoms with Gasteiger partial charge >= 0.3 is 0 Å². The van der Waals surface area contributed by atoms with Crippen LogP contribution in [-0.4, -0.2) is 39.8 Å². The van der Waals surface area contributed by atoms with E-state index >= 15 is 0 Å². The highest BCUT2D eigenvalue weighted by Crippen LogP contribution is 2.41. The second-order valence-corrected chi connectivity index (χ2v) is 9.60. The van der Waals surface area contributed by atoms with Crippen LogP contribution in [0.3, 0.4) is 0 Å². The van der Waals surface area contributed by atoms with Gasteiger partial charge in [-0.25, -0.2) is 8.42 Å². The minimum Gasteiger partial charge on any atom is -0.497 e. The Labute approximate surface area is 171 Å². The molecule has 0 saturated carbocycles. The summed E-state index contributed by atoms with van der Waals surface area (Å²) in [6, 6.07) is 13.7. The van der Waals surface area contributed by atoms with Gasteiger partial charge in [-0.3, -0.25) is 9.10 Å². The molecule has 1 aliphatic rings. The van der Waals surface area contributed by atoms with E-state index in [1.807, 2.05) is 26.0 Å². The number of sulfonamides is 1. The fourth-order valence-corrected chi connectivity index (χ4v) is 4.31. The van der Waals surface area contributed by atoms with Gasteiger partial charge in [0.1, 0.15) is 23.6 Å². The molecule has 29 heavy (non-hydrogen) atoms. The van der Waals surface area contributed by atoms with E-state index in [1.165, 1.54) is 0 Å². The van der Waals surface area contributed by atoms with Gasteiger partial charge in [-0.1, -0.05) is 18.2 Å². The fraction of sp³-hybridized carbons (Fsp3) is 0.381. The van der Waals surface area contributed by atoms with Crippen LogP contribution in [0.1, 0.15) is 31.9 Å². The SMILES string of the molecule is COc1ccc2c(c1)C(NC(=O)CN(c1ccccc1)S(C)(=O)=O)CC(C)(C)O2. The molecule has 1 atom stereocenters. The van der Waals surface area contributed by atoms with E-state index < -0.39 is 21.5 Å². The average Bonchev–Trinajstić information content (AvgIpc) is 2.65. The number of anilines is 1. The number of rotatable bonds is 6. The Morgan fingerprint density at radius 3 is 2.55 bits per heavy atom. The van der Waals surface area contributed by atoms with E-state index in [0.717, 1.165) is 16.1 Å². The number of benzene rings is 2. The molecule has 1 heterocycles. The monoisotopic (exact) mass is 418 g/mol. The molecule has 0 aliphatic carbocycles. The maximum Gasteiger partial charge on any atom is 0.241 e. The highest BCUT2D eigenvalue weighted by atomic mass is 32.2. The van der Waals surface area contributed by atoms with Gasteiger partial charge in [0.05, 0.1) is 25.1 Å². The van der Waals surface area contributed by atoms with Gasteiger partial charge in [-0.15, -0.1) is 0 Å². The molecule has 0 spiro atoms. The Bertz CT molecular complexity index is 989. The number of hydrogen-bond donors (Lipinski definition) is 1. The molecule has 2 aromatic rings. The lowest BCUT2D eigenvalue weighted by atomic mass is 9.89. The number of nitrogens with one attached hydrogen (secondary N) is 1. The van der Waals surface area contributed by atoms with Gasteiger partial charge in [0, 0.05) is 12.0 Å². The van der Waals surface area contributed by atoms with Crippen LogP contribution in [0.5, 0.6) is 11.5 Å². The molecule has 2 aromatic carbocycles. The van der Waals surface area contributed by atoms with Gasteiger partial charge in [0.15, 0.2) is 0 Å². The predicted octanol–water partition coefficient (Wildman–Crippen LogP) is 2.88. The Morgan fingerprint density at radius 1 is 1.24 bits per heavy atom. The largest absolute Gasteiger partial charge is 0.497 e. The highest BCUT2D eigenvalue weighted by molar-refractivity contribution is 7.92. The molecule has 0 bridgehead atoms. The molecule has 1 N–H and O–H groups in total. The van der Waals surface area contributed by atoms with Crippen molar-refractivity contribution in [2.75, 3.05) is 24.2 Å². The molecule has 1 amide bonds. The van der Waals surface area contributed by atoms with Crippen molar-refractivity contribution in [2.45, 2.75) is 31.9 Å². The van der Waals surface area contributed by atoms with E-state index in [2.05, 4.69) is 5.32 Å². The van der Waals surface area contributed by atoms with E-state index in [0.29, 0.717) is 23.6 Å². The van der Waals surface area contributed by atoms with Crippen molar-refractivity contribution in [1.82, 2.24) is 5.32 Å². The number of nitrogens with zero attached hydrogens (tertiary/aromatic N) is 1. The summed E-state index contributed by atoms with van der Waals surface area (Å²) in [6.07, 6.45) is 1.63. The molecule has 0 aromatic heterocycles. The number of para-hydroxylation sites is 1. The first kappa shape index (κ1) is 21.0. The number of ether oxygens (including phenoxy) is 2. The Balaban J connectivity index is 1.84. The van der Waals surface area contributed by atoms with Crippen LogP contribution in [0.4, 0.5) is 5.69 Å². The summed E-state index contributed by atoms with van der Waals surface area (Å²) in [5.41, 5.74) is 0.775. The van der Waals surface area contributed by atoms with Gasteiger partial charge < -0.3 is 14.8 Å². The van der Waals surface area contributed by atoms with Crippen molar-refractivity contribution in [3.63, 3.8) is 0 Å². The summed E-state index contributed by atoms with van der Waals surface area (Å²) in [5.74, 6) is 0.944. The maximum atomic E-state index is 12.8. The molecule has 1 unspecified atom stereocenters. The van der Waals surface area contributed by atoms with Crippen molar-refractivity contribution in [1.29, 1.82) is 0 Å². The molecule has 0 saturated heterocycles. The molecule has 0 radical (unpaired) electrons. The summed E-state index contributed by atoms with van der Waals surface area (Å²) in [4.78, 5) is 12.8. The van der Waals surface area contributed by atoms with E-state index in [1.54, 1.807) is 43.5 Å². The molecule has 7 nitrogen and oxygen atoms in total. The summed E-state index contributed by atoms with van der Waals surface area (Å²) >= 11 is 0. The summed E-state index contributed by atoms with van der Waals surface area (Å²) in [7, 11) is -2.04. The third kappa shape index (κ3) is 5.00. The normalized spacial score (nSPS) is 17.6. The van der Waals surface area contributed by atoms with E-state index in [9.17, 15) is 13.2 Å². The number of hydrogen-bond acceptors (Lipinski definition) is 5. The third-order valence-electron chi connectivity index (χ3n) is 4.74. The predicted molar refractivity (Wildman–Crippen MR) is 112 cm³/mol. The first-order valence-corrected chi connectivity index (χ1v) is 11.1. The van der Waals surface area contributed by atoms with Crippen molar-refractivity contribution in [2.24, 2.45) is 0 Å². The lowest BCUT2D eigenvalue weighted by Crippen LogP contribution is -2.45. The van der Waals surface area contributed by atoms with Crippen LogP contribution in [0.15, 0.2) is 48.5 Å². The molecule has 8 heteroatoms. The third-order valence-corrected chi connectivity index (χ3v) is 5.88. The van der Waals surface area contributed by atoms with Crippen LogP contribution in [0, 0.1) is 0 Å². The van der Waals surface area contributed by atoms with E-state index in [-0.39, 0.29) is 12.6 Å². The smallest absolute Gasteiger partial charge is 0.241 e. The zero-order valence-corrected chi connectivity index (χ0v) is 17.8. The first-order chi connectivity index (χ1) is 13.6.